The molecule has 20 heavy (non-hydrogen) atoms. The van der Waals surface area contributed by atoms with Gasteiger partial charge in [-0.3, -0.25) is 0 Å². The number of fused-ring (bicyclic) bond motifs is 1. The van der Waals surface area contributed by atoms with Gasteiger partial charge in [0.2, 0.25) is 5.82 Å². The Morgan fingerprint density at radius 1 is 1.35 bits per heavy atom. The lowest BCUT2D eigenvalue weighted by atomic mass is 10.3. The number of nitrogens with zero attached hydrogens (tertiary/aromatic N) is 4. The van der Waals surface area contributed by atoms with Gasteiger partial charge in [0.15, 0.2) is 0 Å². The van der Waals surface area contributed by atoms with Crippen LogP contribution in [0.1, 0.15) is 25.7 Å². The fraction of sp³-hybridized carbons (Fsp3) is 0.615. The summed E-state index contributed by atoms with van der Waals surface area (Å²) in [5.74, 6) is 2.10. The van der Waals surface area contributed by atoms with E-state index in [9.17, 15) is 10.1 Å². The molecule has 0 N–H and O–H groups in total. The van der Waals surface area contributed by atoms with E-state index >= 15 is 0 Å². The van der Waals surface area contributed by atoms with E-state index in [0.29, 0.717) is 22.6 Å². The molecule has 2 fully saturated rings. The molecule has 0 unspecified atom stereocenters. The van der Waals surface area contributed by atoms with E-state index in [1.54, 1.807) is 10.6 Å². The van der Waals surface area contributed by atoms with E-state index in [-0.39, 0.29) is 10.7 Å². The topological polar surface area (TPSA) is 63.7 Å². The van der Waals surface area contributed by atoms with Gasteiger partial charge in [-0.25, -0.2) is 0 Å². The summed E-state index contributed by atoms with van der Waals surface area (Å²) in [5.41, 5.74) is 0. The largest absolute Gasteiger partial charge is 0.373 e. The number of rotatable bonds is 6. The second-order valence-corrected chi connectivity index (χ2v) is 6.74. The number of nitro groups is 1. The minimum absolute atomic E-state index is 0.127. The SMILES string of the molecule is O=[N+]([O-])c1c(N(CC2CC2)CC2CC2)nc2sccn12. The van der Waals surface area contributed by atoms with Gasteiger partial charge in [-0.15, -0.1) is 0 Å². The summed E-state index contributed by atoms with van der Waals surface area (Å²) in [6.45, 7) is 1.84. The van der Waals surface area contributed by atoms with Crippen LogP contribution in [-0.2, 0) is 0 Å². The predicted molar refractivity (Wildman–Crippen MR) is 77.4 cm³/mol. The van der Waals surface area contributed by atoms with Crippen molar-refractivity contribution in [2.45, 2.75) is 25.7 Å². The molecule has 106 valence electrons. The van der Waals surface area contributed by atoms with E-state index in [0.717, 1.165) is 13.1 Å². The minimum atomic E-state index is -0.297. The number of imidazole rings is 1. The van der Waals surface area contributed by atoms with Gasteiger partial charge in [0.05, 0.1) is 0 Å². The molecule has 7 heteroatoms. The maximum atomic E-state index is 11.4. The normalized spacial score (nSPS) is 18.6. The van der Waals surface area contributed by atoms with Gasteiger partial charge in [-0.05, 0) is 42.4 Å². The van der Waals surface area contributed by atoms with Crippen molar-refractivity contribution in [2.24, 2.45) is 11.8 Å². The summed E-state index contributed by atoms with van der Waals surface area (Å²) >= 11 is 1.45. The van der Waals surface area contributed by atoms with E-state index in [1.807, 2.05) is 5.38 Å². The van der Waals surface area contributed by atoms with Crippen LogP contribution >= 0.6 is 11.3 Å². The minimum Gasteiger partial charge on any atom is -0.358 e. The molecule has 0 radical (unpaired) electrons. The molecule has 0 bridgehead atoms. The van der Waals surface area contributed by atoms with Crippen LogP contribution < -0.4 is 4.90 Å². The number of hydrogen-bond acceptors (Lipinski definition) is 5. The van der Waals surface area contributed by atoms with Crippen molar-refractivity contribution in [3.63, 3.8) is 0 Å². The summed E-state index contributed by atoms with van der Waals surface area (Å²) in [6, 6.07) is 0. The summed E-state index contributed by atoms with van der Waals surface area (Å²) in [4.78, 5) is 18.5. The van der Waals surface area contributed by atoms with Crippen LogP contribution in [0.4, 0.5) is 11.6 Å². The Morgan fingerprint density at radius 3 is 2.55 bits per heavy atom. The highest BCUT2D eigenvalue weighted by atomic mass is 32.1. The molecule has 0 saturated heterocycles. The first-order valence-corrected chi connectivity index (χ1v) is 7.95. The first kappa shape index (κ1) is 12.1. The van der Waals surface area contributed by atoms with E-state index in [2.05, 4.69) is 9.88 Å². The first-order chi connectivity index (χ1) is 9.72. The summed E-state index contributed by atoms with van der Waals surface area (Å²) in [6.07, 6.45) is 6.73. The van der Waals surface area contributed by atoms with Crippen molar-refractivity contribution in [1.82, 2.24) is 9.38 Å². The zero-order valence-electron chi connectivity index (χ0n) is 11.1. The third kappa shape index (κ3) is 2.15. The lowest BCUT2D eigenvalue weighted by molar-refractivity contribution is -0.389. The second kappa shape index (κ2) is 4.44. The Morgan fingerprint density at radius 2 is 2.00 bits per heavy atom. The highest BCUT2D eigenvalue weighted by Gasteiger charge is 2.35. The number of anilines is 1. The number of aromatic nitrogens is 2. The fourth-order valence-corrected chi connectivity index (χ4v) is 3.32. The van der Waals surface area contributed by atoms with Crippen molar-refractivity contribution in [3.8, 4) is 0 Å². The first-order valence-electron chi connectivity index (χ1n) is 7.07. The van der Waals surface area contributed by atoms with Crippen LogP contribution in [-0.4, -0.2) is 27.4 Å². The Kier molecular flexibility index (Phi) is 2.70. The lowest BCUT2D eigenvalue weighted by Gasteiger charge is -2.21. The smallest absolute Gasteiger partial charge is 0.358 e. The Labute approximate surface area is 120 Å². The molecule has 6 nitrogen and oxygen atoms in total. The highest BCUT2D eigenvalue weighted by molar-refractivity contribution is 7.15. The quantitative estimate of drug-likeness (QED) is 0.606. The third-order valence-corrected chi connectivity index (χ3v) is 4.80. The molecule has 2 aliphatic rings. The molecule has 0 aliphatic heterocycles. The zero-order valence-corrected chi connectivity index (χ0v) is 11.9. The fourth-order valence-electron chi connectivity index (χ4n) is 2.62. The van der Waals surface area contributed by atoms with Crippen LogP contribution in [0.3, 0.4) is 0 Å². The second-order valence-electron chi connectivity index (χ2n) is 5.86. The predicted octanol–water partition coefficient (Wildman–Crippen LogP) is 2.93. The Hall–Kier alpha value is -1.63. The molecular formula is C13H16N4O2S. The molecular weight excluding hydrogens is 276 g/mol. The molecule has 2 aromatic rings. The van der Waals surface area contributed by atoms with Crippen molar-refractivity contribution < 1.29 is 4.92 Å². The average Bonchev–Trinajstić information content (AvgIpc) is 3.29. The molecule has 2 heterocycles. The van der Waals surface area contributed by atoms with Crippen molar-refractivity contribution in [3.05, 3.63) is 21.7 Å². The van der Waals surface area contributed by atoms with Crippen molar-refractivity contribution in [2.75, 3.05) is 18.0 Å². The van der Waals surface area contributed by atoms with Gasteiger partial charge in [0.1, 0.15) is 6.20 Å². The van der Waals surface area contributed by atoms with Gasteiger partial charge in [-0.1, -0.05) is 11.3 Å². The van der Waals surface area contributed by atoms with E-state index in [4.69, 9.17) is 0 Å². The maximum Gasteiger partial charge on any atom is 0.373 e. The average molecular weight is 292 g/mol. The standard InChI is InChI=1S/C13H16N4O2S/c18-17(19)12-11(14-13-16(12)5-6-20-13)15(7-9-1-2-9)8-10-3-4-10/h5-6,9-10H,1-4,7-8H2. The molecule has 0 atom stereocenters. The van der Waals surface area contributed by atoms with E-state index < -0.39 is 0 Å². The van der Waals surface area contributed by atoms with Crippen LogP contribution in [0, 0.1) is 22.0 Å². The van der Waals surface area contributed by atoms with E-state index in [1.165, 1.54) is 37.0 Å². The maximum absolute atomic E-state index is 11.4. The lowest BCUT2D eigenvalue weighted by Crippen LogP contribution is -2.29. The Bertz CT molecular complexity index is 642. The van der Waals surface area contributed by atoms with Gasteiger partial charge in [0, 0.05) is 18.5 Å². The van der Waals surface area contributed by atoms with Crippen LogP contribution in [0.25, 0.3) is 4.96 Å². The Balaban J connectivity index is 1.73. The molecule has 4 rings (SSSR count). The highest BCUT2D eigenvalue weighted by Crippen LogP contribution is 2.39. The van der Waals surface area contributed by atoms with Crippen LogP contribution in [0.15, 0.2) is 11.6 Å². The third-order valence-electron chi connectivity index (χ3n) is 4.04. The van der Waals surface area contributed by atoms with Crippen molar-refractivity contribution in [1.29, 1.82) is 0 Å². The molecule has 0 aromatic carbocycles. The van der Waals surface area contributed by atoms with Gasteiger partial charge in [0.25, 0.3) is 4.96 Å². The molecule has 0 spiro atoms. The van der Waals surface area contributed by atoms with Gasteiger partial charge >= 0.3 is 5.82 Å². The van der Waals surface area contributed by atoms with Crippen molar-refractivity contribution >= 4 is 27.9 Å². The summed E-state index contributed by atoms with van der Waals surface area (Å²) < 4.78 is 1.60. The zero-order chi connectivity index (χ0) is 13.7. The summed E-state index contributed by atoms with van der Waals surface area (Å²) in [7, 11) is 0. The summed E-state index contributed by atoms with van der Waals surface area (Å²) in [5, 5.41) is 13.3. The monoisotopic (exact) mass is 292 g/mol. The number of thiazole rings is 1. The van der Waals surface area contributed by atoms with Gasteiger partial charge < -0.3 is 15.0 Å². The number of hydrogen-bond donors (Lipinski definition) is 0. The van der Waals surface area contributed by atoms with Gasteiger partial charge in [-0.2, -0.15) is 9.38 Å². The molecule has 2 saturated carbocycles. The molecule has 2 aliphatic carbocycles. The molecule has 2 aromatic heterocycles. The van der Waals surface area contributed by atoms with Crippen LogP contribution in [0.2, 0.25) is 0 Å². The van der Waals surface area contributed by atoms with Crippen LogP contribution in [0.5, 0.6) is 0 Å². The molecule has 0 amide bonds.